The Labute approximate surface area is 111 Å². The van der Waals surface area contributed by atoms with Crippen LogP contribution in [0.1, 0.15) is 59.8 Å². The summed E-state index contributed by atoms with van der Waals surface area (Å²) in [6, 6.07) is 0. The van der Waals surface area contributed by atoms with E-state index in [1.54, 1.807) is 0 Å². The van der Waals surface area contributed by atoms with Gasteiger partial charge in [0.2, 0.25) is 0 Å². The normalized spacial score (nSPS) is 40.4. The lowest BCUT2D eigenvalue weighted by molar-refractivity contribution is -0.163. The zero-order valence-corrected chi connectivity index (χ0v) is 12.4. The second kappa shape index (κ2) is 4.40. The molecule has 1 saturated carbocycles. The molecule has 0 N–H and O–H groups in total. The van der Waals surface area contributed by atoms with Gasteiger partial charge in [0.05, 0.1) is 12.5 Å². The molecular formula is C16H26O2. The Morgan fingerprint density at radius 3 is 2.56 bits per heavy atom. The smallest absolute Gasteiger partial charge is 0.311 e. The second-order valence-electron chi connectivity index (χ2n) is 6.68. The molecule has 1 fully saturated rings. The molecule has 0 saturated heterocycles. The van der Waals surface area contributed by atoms with Crippen LogP contribution in [0, 0.1) is 16.7 Å². The average molecular weight is 250 g/mol. The lowest BCUT2D eigenvalue weighted by Crippen LogP contribution is -2.50. The number of methoxy groups -OCH3 is 1. The zero-order chi connectivity index (χ0) is 13.6. The van der Waals surface area contributed by atoms with Crippen LogP contribution in [0.5, 0.6) is 0 Å². The third-order valence-corrected chi connectivity index (χ3v) is 5.89. The number of ether oxygens (including phenoxy) is 1. The Morgan fingerprint density at radius 1 is 1.28 bits per heavy atom. The number of hydrogen-bond donors (Lipinski definition) is 0. The molecule has 0 bridgehead atoms. The van der Waals surface area contributed by atoms with Crippen molar-refractivity contribution in [2.24, 2.45) is 16.7 Å². The first kappa shape index (κ1) is 13.6. The molecule has 0 radical (unpaired) electrons. The predicted molar refractivity (Wildman–Crippen MR) is 73.2 cm³/mol. The van der Waals surface area contributed by atoms with Gasteiger partial charge in [0.1, 0.15) is 0 Å². The van der Waals surface area contributed by atoms with Crippen LogP contribution in [0.15, 0.2) is 11.1 Å². The number of carbonyl (C=O) groups is 1. The summed E-state index contributed by atoms with van der Waals surface area (Å²) in [5.74, 6) is 0.431. The largest absolute Gasteiger partial charge is 0.469 e. The summed E-state index contributed by atoms with van der Waals surface area (Å²) in [5.41, 5.74) is 2.96. The molecule has 2 aliphatic carbocycles. The summed E-state index contributed by atoms with van der Waals surface area (Å²) in [7, 11) is 1.52. The molecule has 102 valence electrons. The number of fused-ring (bicyclic) bond motifs is 1. The Morgan fingerprint density at radius 2 is 1.94 bits per heavy atom. The Kier molecular flexibility index (Phi) is 3.33. The van der Waals surface area contributed by atoms with Crippen LogP contribution in [0.4, 0.5) is 0 Å². The second-order valence-corrected chi connectivity index (χ2v) is 6.68. The van der Waals surface area contributed by atoms with Crippen molar-refractivity contribution in [3.8, 4) is 0 Å². The minimum atomic E-state index is -0.288. The van der Waals surface area contributed by atoms with E-state index in [1.807, 2.05) is 0 Å². The van der Waals surface area contributed by atoms with Crippen LogP contribution in [-0.2, 0) is 9.53 Å². The highest BCUT2D eigenvalue weighted by atomic mass is 16.5. The van der Waals surface area contributed by atoms with Crippen LogP contribution < -0.4 is 0 Å². The first-order chi connectivity index (χ1) is 8.36. The molecule has 0 aromatic carbocycles. The van der Waals surface area contributed by atoms with Crippen LogP contribution in [-0.4, -0.2) is 13.1 Å². The maximum atomic E-state index is 12.2. The van der Waals surface area contributed by atoms with Gasteiger partial charge in [0.25, 0.3) is 0 Å². The molecule has 0 aromatic rings. The maximum Gasteiger partial charge on any atom is 0.311 e. The van der Waals surface area contributed by atoms with Gasteiger partial charge in [-0.3, -0.25) is 4.79 Å². The molecule has 2 rings (SSSR count). The summed E-state index contributed by atoms with van der Waals surface area (Å²) in [5, 5.41) is 0. The van der Waals surface area contributed by atoms with E-state index >= 15 is 0 Å². The highest BCUT2D eigenvalue weighted by molar-refractivity contribution is 5.77. The van der Waals surface area contributed by atoms with Gasteiger partial charge in [-0.2, -0.15) is 0 Å². The fourth-order valence-electron chi connectivity index (χ4n) is 4.47. The molecule has 0 aromatic heterocycles. The number of esters is 1. The van der Waals surface area contributed by atoms with Gasteiger partial charge < -0.3 is 4.74 Å². The fraction of sp³-hybridized carbons (Fsp3) is 0.812. The van der Waals surface area contributed by atoms with E-state index < -0.39 is 0 Å². The van der Waals surface area contributed by atoms with Crippen molar-refractivity contribution < 1.29 is 9.53 Å². The maximum absolute atomic E-state index is 12.2. The first-order valence-electron chi connectivity index (χ1n) is 7.11. The molecule has 18 heavy (non-hydrogen) atoms. The minimum Gasteiger partial charge on any atom is -0.469 e. The van der Waals surface area contributed by atoms with Gasteiger partial charge >= 0.3 is 5.97 Å². The summed E-state index contributed by atoms with van der Waals surface area (Å²) in [6.45, 7) is 9.00. The van der Waals surface area contributed by atoms with Gasteiger partial charge in [-0.25, -0.2) is 0 Å². The number of allylic oxidation sites excluding steroid dienone is 2. The van der Waals surface area contributed by atoms with Gasteiger partial charge in [-0.15, -0.1) is 0 Å². The van der Waals surface area contributed by atoms with Crippen molar-refractivity contribution in [3.05, 3.63) is 11.1 Å². The molecule has 2 nitrogen and oxygen atoms in total. The van der Waals surface area contributed by atoms with E-state index in [-0.39, 0.29) is 16.8 Å². The summed E-state index contributed by atoms with van der Waals surface area (Å²) in [4.78, 5) is 12.2. The molecule has 0 aliphatic heterocycles. The van der Waals surface area contributed by atoms with E-state index in [0.717, 1.165) is 25.7 Å². The molecule has 0 heterocycles. The van der Waals surface area contributed by atoms with Gasteiger partial charge in [-0.1, -0.05) is 24.5 Å². The van der Waals surface area contributed by atoms with Crippen molar-refractivity contribution in [1.29, 1.82) is 0 Å². The van der Waals surface area contributed by atoms with E-state index in [2.05, 4.69) is 27.7 Å². The SMILES string of the molecule is COC(=O)C1(C)CCCC2(C)C(C)=C(C)CCC12. The minimum absolute atomic E-state index is 0.00854. The van der Waals surface area contributed by atoms with Crippen LogP contribution in [0.3, 0.4) is 0 Å². The third kappa shape index (κ3) is 1.72. The molecule has 2 aliphatic rings. The van der Waals surface area contributed by atoms with Crippen molar-refractivity contribution >= 4 is 5.97 Å². The molecule has 3 unspecified atom stereocenters. The van der Waals surface area contributed by atoms with Gasteiger partial charge in [0.15, 0.2) is 0 Å². The lowest BCUT2D eigenvalue weighted by atomic mass is 9.50. The highest BCUT2D eigenvalue weighted by Crippen LogP contribution is 2.59. The summed E-state index contributed by atoms with van der Waals surface area (Å²) >= 11 is 0. The Bertz CT molecular complexity index is 396. The fourth-order valence-corrected chi connectivity index (χ4v) is 4.47. The highest BCUT2D eigenvalue weighted by Gasteiger charge is 2.55. The van der Waals surface area contributed by atoms with E-state index in [1.165, 1.54) is 24.7 Å². The van der Waals surface area contributed by atoms with E-state index in [0.29, 0.717) is 5.92 Å². The number of hydrogen-bond acceptors (Lipinski definition) is 2. The summed E-state index contributed by atoms with van der Waals surface area (Å²) in [6.07, 6.45) is 5.59. The standard InChI is InChI=1S/C16H26O2/c1-11-7-8-13-15(3,12(11)2)9-6-10-16(13,4)14(17)18-5/h13H,6-10H2,1-5H3. The zero-order valence-electron chi connectivity index (χ0n) is 12.4. The first-order valence-corrected chi connectivity index (χ1v) is 7.11. The molecule has 3 atom stereocenters. The van der Waals surface area contributed by atoms with E-state index in [4.69, 9.17) is 4.74 Å². The quantitative estimate of drug-likeness (QED) is 0.517. The Balaban J connectivity index is 2.44. The molecule has 0 spiro atoms. The Hall–Kier alpha value is -0.790. The summed E-state index contributed by atoms with van der Waals surface area (Å²) < 4.78 is 5.09. The monoisotopic (exact) mass is 250 g/mol. The van der Waals surface area contributed by atoms with Gasteiger partial charge in [-0.05, 0) is 57.8 Å². The molecule has 2 heteroatoms. The molecular weight excluding hydrogens is 224 g/mol. The van der Waals surface area contributed by atoms with Crippen LogP contribution >= 0.6 is 0 Å². The van der Waals surface area contributed by atoms with Gasteiger partial charge in [0, 0.05) is 0 Å². The third-order valence-electron chi connectivity index (χ3n) is 5.89. The topological polar surface area (TPSA) is 26.3 Å². The van der Waals surface area contributed by atoms with Crippen molar-refractivity contribution in [3.63, 3.8) is 0 Å². The predicted octanol–water partition coefficient (Wildman–Crippen LogP) is 4.10. The van der Waals surface area contributed by atoms with E-state index in [9.17, 15) is 4.79 Å². The number of carbonyl (C=O) groups excluding carboxylic acids is 1. The average Bonchev–Trinajstić information content (AvgIpc) is 2.34. The van der Waals surface area contributed by atoms with Crippen LogP contribution in [0.2, 0.25) is 0 Å². The van der Waals surface area contributed by atoms with Crippen molar-refractivity contribution in [2.75, 3.05) is 7.11 Å². The van der Waals surface area contributed by atoms with Crippen molar-refractivity contribution in [2.45, 2.75) is 59.8 Å². The van der Waals surface area contributed by atoms with Crippen molar-refractivity contribution in [1.82, 2.24) is 0 Å². The molecule has 0 amide bonds. The van der Waals surface area contributed by atoms with Crippen LogP contribution in [0.25, 0.3) is 0 Å². The lowest BCUT2D eigenvalue weighted by Gasteiger charge is -2.54. The number of rotatable bonds is 1.